The van der Waals surface area contributed by atoms with E-state index in [9.17, 15) is 9.59 Å². The standard InChI is InChI=1S/C11H14N6O3/c1-16-5-8(4-13-16)2-3-12-10(18)7-17-6-9(11(19)20)14-15-17/h4-6H,2-3,7H2,1H3,(H,12,18)(H,19,20). The number of aromatic carboxylic acids is 1. The summed E-state index contributed by atoms with van der Waals surface area (Å²) in [4.78, 5) is 22.2. The van der Waals surface area contributed by atoms with Crippen LogP contribution in [-0.4, -0.2) is 48.3 Å². The molecule has 20 heavy (non-hydrogen) atoms. The summed E-state index contributed by atoms with van der Waals surface area (Å²) in [5.74, 6) is -1.43. The monoisotopic (exact) mass is 278 g/mol. The maximum atomic E-state index is 11.6. The van der Waals surface area contributed by atoms with Gasteiger partial charge in [-0.25, -0.2) is 9.48 Å². The third-order valence-electron chi connectivity index (χ3n) is 2.56. The maximum Gasteiger partial charge on any atom is 0.358 e. The Morgan fingerprint density at radius 3 is 2.80 bits per heavy atom. The Hall–Kier alpha value is -2.71. The number of rotatable bonds is 6. The molecule has 2 aromatic heterocycles. The first-order chi connectivity index (χ1) is 9.54. The average Bonchev–Trinajstić information content (AvgIpc) is 2.99. The topological polar surface area (TPSA) is 115 Å². The minimum Gasteiger partial charge on any atom is -0.476 e. The minimum atomic E-state index is -1.17. The van der Waals surface area contributed by atoms with Crippen LogP contribution in [-0.2, 0) is 24.8 Å². The maximum absolute atomic E-state index is 11.6. The minimum absolute atomic E-state index is 0.0622. The van der Waals surface area contributed by atoms with Gasteiger partial charge in [0.2, 0.25) is 5.91 Å². The first kappa shape index (κ1) is 13.7. The number of carboxylic acids is 1. The summed E-state index contributed by atoms with van der Waals surface area (Å²) >= 11 is 0. The summed E-state index contributed by atoms with van der Waals surface area (Å²) in [6, 6.07) is 0. The van der Waals surface area contributed by atoms with Crippen molar-refractivity contribution >= 4 is 11.9 Å². The highest BCUT2D eigenvalue weighted by Crippen LogP contribution is 1.96. The lowest BCUT2D eigenvalue weighted by atomic mass is 10.2. The van der Waals surface area contributed by atoms with E-state index >= 15 is 0 Å². The SMILES string of the molecule is Cn1cc(CCNC(=O)Cn2cc(C(=O)O)nn2)cn1. The van der Waals surface area contributed by atoms with E-state index in [4.69, 9.17) is 5.11 Å². The molecule has 0 fully saturated rings. The molecular formula is C11H14N6O3. The molecule has 0 bridgehead atoms. The average molecular weight is 278 g/mol. The van der Waals surface area contributed by atoms with Crippen molar-refractivity contribution in [2.75, 3.05) is 6.54 Å². The molecule has 0 radical (unpaired) electrons. The molecule has 9 nitrogen and oxygen atoms in total. The van der Waals surface area contributed by atoms with Crippen LogP contribution in [0.2, 0.25) is 0 Å². The van der Waals surface area contributed by atoms with Crippen LogP contribution in [0.25, 0.3) is 0 Å². The van der Waals surface area contributed by atoms with Crippen molar-refractivity contribution in [3.63, 3.8) is 0 Å². The number of aryl methyl sites for hydroxylation is 1. The van der Waals surface area contributed by atoms with E-state index in [0.29, 0.717) is 13.0 Å². The molecule has 0 aliphatic rings. The fourth-order valence-corrected chi connectivity index (χ4v) is 1.62. The van der Waals surface area contributed by atoms with Gasteiger partial charge in [-0.1, -0.05) is 5.21 Å². The molecule has 0 atom stereocenters. The van der Waals surface area contributed by atoms with Crippen LogP contribution in [0.1, 0.15) is 16.1 Å². The highest BCUT2D eigenvalue weighted by atomic mass is 16.4. The van der Waals surface area contributed by atoms with Crippen LogP contribution in [0, 0.1) is 0 Å². The van der Waals surface area contributed by atoms with Gasteiger partial charge in [-0.15, -0.1) is 5.10 Å². The Kier molecular flexibility index (Phi) is 4.08. The molecule has 0 unspecified atom stereocenters. The number of amides is 1. The predicted molar refractivity (Wildman–Crippen MR) is 66.9 cm³/mol. The summed E-state index contributed by atoms with van der Waals surface area (Å²) in [5.41, 5.74) is 0.842. The van der Waals surface area contributed by atoms with Crippen molar-refractivity contribution in [2.24, 2.45) is 7.05 Å². The van der Waals surface area contributed by atoms with Crippen molar-refractivity contribution in [1.29, 1.82) is 0 Å². The summed E-state index contributed by atoms with van der Waals surface area (Å²) in [6.45, 7) is 0.415. The van der Waals surface area contributed by atoms with E-state index in [-0.39, 0.29) is 18.1 Å². The molecule has 1 amide bonds. The number of nitrogens with zero attached hydrogens (tertiary/aromatic N) is 5. The number of carbonyl (C=O) groups is 2. The van der Waals surface area contributed by atoms with Crippen LogP contribution in [0.4, 0.5) is 0 Å². The van der Waals surface area contributed by atoms with Gasteiger partial charge in [0.05, 0.1) is 12.4 Å². The van der Waals surface area contributed by atoms with Crippen LogP contribution in [0.15, 0.2) is 18.6 Å². The van der Waals surface area contributed by atoms with Gasteiger partial charge in [-0.3, -0.25) is 9.48 Å². The van der Waals surface area contributed by atoms with Gasteiger partial charge in [0.15, 0.2) is 5.69 Å². The van der Waals surface area contributed by atoms with Crippen LogP contribution < -0.4 is 5.32 Å². The summed E-state index contributed by atoms with van der Waals surface area (Å²) in [7, 11) is 1.83. The van der Waals surface area contributed by atoms with Crippen molar-refractivity contribution in [3.05, 3.63) is 29.8 Å². The fourth-order valence-electron chi connectivity index (χ4n) is 1.62. The van der Waals surface area contributed by atoms with Gasteiger partial charge in [-0.2, -0.15) is 5.10 Å². The van der Waals surface area contributed by atoms with E-state index in [1.807, 2.05) is 13.2 Å². The zero-order valence-corrected chi connectivity index (χ0v) is 10.9. The van der Waals surface area contributed by atoms with Crippen molar-refractivity contribution in [1.82, 2.24) is 30.1 Å². The quantitative estimate of drug-likeness (QED) is 0.705. The lowest BCUT2D eigenvalue weighted by Crippen LogP contribution is -2.29. The van der Waals surface area contributed by atoms with E-state index < -0.39 is 5.97 Å². The number of carboxylic acid groups (broad SMARTS) is 1. The van der Waals surface area contributed by atoms with E-state index in [2.05, 4.69) is 20.7 Å². The Balaban J connectivity index is 1.76. The Labute approximate surface area is 114 Å². The first-order valence-corrected chi connectivity index (χ1v) is 5.92. The molecule has 0 spiro atoms. The molecule has 9 heteroatoms. The van der Waals surface area contributed by atoms with Gasteiger partial charge in [-0.05, 0) is 12.0 Å². The second-order valence-electron chi connectivity index (χ2n) is 4.23. The van der Waals surface area contributed by atoms with Crippen LogP contribution in [0.5, 0.6) is 0 Å². The van der Waals surface area contributed by atoms with E-state index in [1.54, 1.807) is 10.9 Å². The van der Waals surface area contributed by atoms with E-state index in [1.165, 1.54) is 10.9 Å². The Morgan fingerprint density at radius 1 is 1.40 bits per heavy atom. The Morgan fingerprint density at radius 2 is 2.20 bits per heavy atom. The van der Waals surface area contributed by atoms with Crippen molar-refractivity contribution < 1.29 is 14.7 Å². The third kappa shape index (κ3) is 3.64. The first-order valence-electron chi connectivity index (χ1n) is 5.92. The third-order valence-corrected chi connectivity index (χ3v) is 2.56. The Bertz CT molecular complexity index is 617. The molecule has 0 saturated heterocycles. The predicted octanol–water partition coefficient (Wildman–Crippen LogP) is -0.931. The number of aromatic nitrogens is 5. The second kappa shape index (κ2) is 5.95. The smallest absolute Gasteiger partial charge is 0.358 e. The van der Waals surface area contributed by atoms with Gasteiger partial charge >= 0.3 is 5.97 Å². The molecule has 0 saturated carbocycles. The number of carbonyl (C=O) groups excluding carboxylic acids is 1. The number of nitrogens with one attached hydrogen (secondary N) is 1. The zero-order valence-electron chi connectivity index (χ0n) is 10.9. The van der Waals surface area contributed by atoms with Crippen LogP contribution >= 0.6 is 0 Å². The zero-order chi connectivity index (χ0) is 14.5. The molecule has 2 N–H and O–H groups in total. The number of hydrogen-bond donors (Lipinski definition) is 2. The molecule has 2 aromatic rings. The van der Waals surface area contributed by atoms with E-state index in [0.717, 1.165) is 5.56 Å². The van der Waals surface area contributed by atoms with Crippen LogP contribution in [0.3, 0.4) is 0 Å². The highest BCUT2D eigenvalue weighted by molar-refractivity contribution is 5.84. The highest BCUT2D eigenvalue weighted by Gasteiger charge is 2.10. The normalized spacial score (nSPS) is 10.4. The largest absolute Gasteiger partial charge is 0.476 e. The second-order valence-corrected chi connectivity index (χ2v) is 4.23. The van der Waals surface area contributed by atoms with Crippen molar-refractivity contribution in [3.8, 4) is 0 Å². The summed E-state index contributed by atoms with van der Waals surface area (Å²) < 4.78 is 2.88. The lowest BCUT2D eigenvalue weighted by Gasteiger charge is -2.03. The van der Waals surface area contributed by atoms with Crippen molar-refractivity contribution in [2.45, 2.75) is 13.0 Å². The summed E-state index contributed by atoms with van der Waals surface area (Å²) in [5, 5.41) is 22.4. The number of hydrogen-bond acceptors (Lipinski definition) is 5. The molecule has 2 heterocycles. The fraction of sp³-hybridized carbons (Fsp3) is 0.364. The molecule has 0 aliphatic carbocycles. The molecule has 2 rings (SSSR count). The molecule has 106 valence electrons. The van der Waals surface area contributed by atoms with Gasteiger partial charge in [0.25, 0.3) is 0 Å². The lowest BCUT2D eigenvalue weighted by molar-refractivity contribution is -0.121. The molecule has 0 aromatic carbocycles. The van der Waals surface area contributed by atoms with Gasteiger partial charge < -0.3 is 10.4 Å². The van der Waals surface area contributed by atoms with Gasteiger partial charge in [0.1, 0.15) is 6.54 Å². The van der Waals surface area contributed by atoms with Gasteiger partial charge in [0, 0.05) is 19.8 Å². The molecule has 0 aliphatic heterocycles. The summed E-state index contributed by atoms with van der Waals surface area (Å²) in [6.07, 6.45) is 5.51. The molecular weight excluding hydrogens is 264 g/mol.